The molecule has 0 radical (unpaired) electrons. The number of nitrogens with one attached hydrogen (secondary N) is 4. The molecule has 2 fully saturated rings. The Morgan fingerprint density at radius 3 is 1.17 bits per heavy atom. The molecule has 1 atom stereocenters. The van der Waals surface area contributed by atoms with Crippen LogP contribution in [0.2, 0.25) is 15.5 Å². The first kappa shape index (κ1) is 108. The quantitative estimate of drug-likeness (QED) is 0.0113. The molecule has 18 heterocycles. The van der Waals surface area contributed by atoms with E-state index < -0.39 is 12.7 Å². The molecule has 149 heavy (non-hydrogen) atoms. The van der Waals surface area contributed by atoms with E-state index in [0.717, 1.165) is 89.2 Å². The molecule has 6 aliphatic rings. The number of aryl methyl sites for hydroxylation is 4. The summed E-state index contributed by atoms with van der Waals surface area (Å²) in [5.41, 5.74) is 38.8. The zero-order chi connectivity index (χ0) is 107. The fraction of sp³-hybridized carbons (Fsp3) is 0.353. The number of carbonyl (C=O) groups is 7. The molecule has 5 amide bonds. The number of hydrogen-bond donors (Lipinski definition) is 12. The summed E-state index contributed by atoms with van der Waals surface area (Å²) in [5, 5.41) is 37.4. The van der Waals surface area contributed by atoms with Gasteiger partial charge >= 0.3 is 0 Å². The van der Waals surface area contributed by atoms with Crippen LogP contribution in [0, 0.1) is 55.4 Å². The average Bonchev–Trinajstić information content (AvgIpc) is 1.60. The molecule has 47 heteroatoms. The summed E-state index contributed by atoms with van der Waals surface area (Å²) in [6, 6.07) is 10.1. The number of aromatic nitrogens is 17. The second-order valence-corrected chi connectivity index (χ2v) is 37.5. The number of H-pyrrole nitrogens is 4. The summed E-state index contributed by atoms with van der Waals surface area (Å²) in [6.45, 7) is 21.1. The Hall–Kier alpha value is -15.6. The maximum absolute atomic E-state index is 13.8. The SMILES string of the molecule is COc1c(C)cnc(CN2C(=O)/C(=C\c3ccc(C(=O)CCCN4CCC(O)CC4)[nH]3)c3c(Cl)nc(N)nc32)c1C.COc1c(C)cnc(CN2C(=O)/C(=C\c3ccc(C(=O)CC[C@H](O)CO)[nH]3)c3c(Cl)nc(N)nc32)c1C.COc1c(C)cnc(CN2C(=O)/C(=C\c3ccc(C(=O)N4CCN(CCO)CC4)[nH]3)c3c(Cl)nc(N)nc32)c1C.COc1c(C)cnc(CN2C(=O)/C(=C\c3ncc[nH]3)c3c(N(C)C)nc(N)nc32)c1C. The third-order valence-electron chi connectivity index (χ3n) is 26.2. The number of anilines is 9. The van der Waals surface area contributed by atoms with Gasteiger partial charge in [-0.3, -0.25) is 78.0 Å². The molecule has 0 aromatic carbocycles. The second-order valence-electron chi connectivity index (χ2n) is 36.4. The van der Waals surface area contributed by atoms with Gasteiger partial charge in [-0.2, -0.15) is 24.9 Å². The van der Waals surface area contributed by atoms with Crippen molar-refractivity contribution >= 4 is 175 Å². The van der Waals surface area contributed by atoms with E-state index in [1.807, 2.05) is 74.4 Å². The van der Waals surface area contributed by atoms with Crippen LogP contribution in [-0.2, 0) is 45.4 Å². The van der Waals surface area contributed by atoms with E-state index >= 15 is 0 Å². The fourth-order valence-corrected chi connectivity index (χ4v) is 19.3. The normalized spacial score (nSPS) is 15.8. The third kappa shape index (κ3) is 23.4. The lowest BCUT2D eigenvalue weighted by atomic mass is 10.1. The zero-order valence-electron chi connectivity index (χ0n) is 84.6. The Labute approximate surface area is 872 Å². The van der Waals surface area contributed by atoms with E-state index in [1.165, 1.54) is 14.7 Å². The number of carbonyl (C=O) groups excluding carboxylic acids is 7. The van der Waals surface area contributed by atoms with Gasteiger partial charge in [-0.05, 0) is 148 Å². The standard InChI is InChI=1S/C29H34ClN7O4.C27H31ClN8O4.C25H27ClN6O5.C21H24N8O2/c1-16-14-32-22(17(2)25(16)41-3)15-37-27-24(26(30)34-29(31)35-27)20(28(37)40)13-18-6-7-21(33-18)23(39)5-4-10-36-11-8-19(38)9-12-36;1-15-13-30-20(16(2)22(15)40-3)14-36-24-21(23(28)32-27(29)33-24)18(25(36)38)12-17-4-5-19(31-17)26(39)35-8-6-34(7-9-35)10-11-37;1-12-9-28-18(13(2)21(12)37-3)10-32-23-20(22(26)30-25(27)31-23)16(24(32)36)8-14-4-6-17(29-14)19(35)7-5-15(34)11-33;1-11-9-25-14(12(2)17(11)31-5)10-29-19-16(18(28(3)4)26-21(22)27-19)13(20(29)30)8-15-23-6-7-24-15/h6-7,13-14,19,33,38H,4-5,8-12,15H2,1-3H3,(H2,31,34,35);4-5,12-13,31,37H,6-11,14H2,1-3H3,(H2,29,32,33);4,6,8-9,15,29,33-34H,5,7,10-11H2,1-3H3,(H2,27,30,31);6-9H,10H2,1-5H3,(H,23,24)(H2,22,26,27)/b20-13-;18-12-;16-8-;13-8-/t;;15-;/m..0./s1. The van der Waals surface area contributed by atoms with E-state index in [-0.39, 0.29) is 160 Å². The topological polar surface area (TPSA) is 598 Å². The Morgan fingerprint density at radius 2 is 0.812 bits per heavy atom. The monoisotopic (exact) mass is 2090 g/mol. The fourth-order valence-electron chi connectivity index (χ4n) is 18.5. The first-order chi connectivity index (χ1) is 71.3. The third-order valence-corrected chi connectivity index (χ3v) is 27.0. The molecule has 2 saturated heterocycles. The van der Waals surface area contributed by atoms with Crippen molar-refractivity contribution in [1.82, 2.24) is 99.4 Å². The molecular formula is C102H116Cl3N29O15. The van der Waals surface area contributed by atoms with E-state index in [4.69, 9.17) is 86.9 Å². The first-order valence-electron chi connectivity index (χ1n) is 47.7. The number of pyridine rings is 4. The van der Waals surface area contributed by atoms with E-state index in [0.29, 0.717) is 164 Å². The molecule has 6 aliphatic heterocycles. The van der Waals surface area contributed by atoms with Crippen LogP contribution in [0.15, 0.2) is 73.6 Å². The Kier molecular flexibility index (Phi) is 33.7. The number of nitrogens with zero attached hydrogens (tertiary/aromatic N) is 21. The van der Waals surface area contributed by atoms with Crippen molar-refractivity contribution in [3.05, 3.63) is 219 Å². The van der Waals surface area contributed by atoms with Crippen molar-refractivity contribution in [3.8, 4) is 23.0 Å². The lowest BCUT2D eigenvalue weighted by molar-refractivity contribution is -0.113. The molecule has 12 aromatic rings. The highest BCUT2D eigenvalue weighted by molar-refractivity contribution is 6.43. The number of ether oxygens (including phenoxy) is 4. The van der Waals surface area contributed by atoms with Crippen LogP contribution >= 0.6 is 34.8 Å². The molecule has 0 unspecified atom stereocenters. The van der Waals surface area contributed by atoms with Crippen molar-refractivity contribution in [3.63, 3.8) is 0 Å². The van der Waals surface area contributed by atoms with Crippen LogP contribution in [0.1, 0.15) is 182 Å². The van der Waals surface area contributed by atoms with Crippen LogP contribution in [0.5, 0.6) is 23.0 Å². The van der Waals surface area contributed by atoms with Gasteiger partial charge in [0, 0.05) is 172 Å². The molecule has 12 aromatic heterocycles. The number of hydrogen-bond acceptors (Lipinski definition) is 35. The first-order valence-corrected chi connectivity index (χ1v) is 48.9. The highest BCUT2D eigenvalue weighted by Crippen LogP contribution is 2.48. The highest BCUT2D eigenvalue weighted by atomic mass is 35.5. The van der Waals surface area contributed by atoms with Crippen molar-refractivity contribution in [2.75, 3.05) is 156 Å². The van der Waals surface area contributed by atoms with E-state index in [1.54, 1.807) is 136 Å². The number of aliphatic hydroxyl groups excluding tert-OH is 4. The van der Waals surface area contributed by atoms with Crippen LogP contribution in [0.25, 0.3) is 46.6 Å². The predicted molar refractivity (Wildman–Crippen MR) is 565 cm³/mol. The lowest BCUT2D eigenvalue weighted by Gasteiger charge is -2.34. The lowest BCUT2D eigenvalue weighted by Crippen LogP contribution is -2.49. The van der Waals surface area contributed by atoms with Gasteiger partial charge in [0.1, 0.15) is 55.8 Å². The number of rotatable bonds is 30. The average molecular weight is 2090 g/mol. The number of aliphatic hydroxyl groups is 4. The molecule has 0 bridgehead atoms. The van der Waals surface area contributed by atoms with Crippen molar-refractivity contribution in [2.24, 2.45) is 0 Å². The molecule has 0 saturated carbocycles. The number of amides is 5. The number of fused-ring (bicyclic) bond motifs is 4. The number of nitrogen functional groups attached to an aromatic ring is 4. The highest BCUT2D eigenvalue weighted by Gasteiger charge is 2.44. The number of nitrogens with two attached hydrogens (primary N) is 4. The summed E-state index contributed by atoms with van der Waals surface area (Å²) >= 11 is 19.4. The van der Waals surface area contributed by atoms with E-state index in [2.05, 4.69) is 94.5 Å². The van der Waals surface area contributed by atoms with Crippen LogP contribution in [0.3, 0.4) is 0 Å². The minimum Gasteiger partial charge on any atom is -0.496 e. The van der Waals surface area contributed by atoms with Gasteiger partial charge in [-0.25, -0.2) is 19.9 Å². The summed E-state index contributed by atoms with van der Waals surface area (Å²) < 4.78 is 22.1. The van der Waals surface area contributed by atoms with Gasteiger partial charge in [0.25, 0.3) is 29.5 Å². The zero-order valence-corrected chi connectivity index (χ0v) is 86.9. The number of ketones is 2. The number of piperidine rings is 1. The van der Waals surface area contributed by atoms with Gasteiger partial charge in [-0.15, -0.1) is 0 Å². The summed E-state index contributed by atoms with van der Waals surface area (Å²) in [7, 11) is 10.1. The minimum absolute atomic E-state index is 0.00419. The summed E-state index contributed by atoms with van der Waals surface area (Å²) in [5.74, 6) is 3.49. The maximum atomic E-state index is 13.8. The van der Waals surface area contributed by atoms with Crippen LogP contribution < -0.4 is 66.4 Å². The van der Waals surface area contributed by atoms with Crippen molar-refractivity contribution in [2.45, 2.75) is 132 Å². The van der Waals surface area contributed by atoms with Crippen molar-refractivity contribution < 1.29 is 72.9 Å². The molecule has 18 rings (SSSR count). The second kappa shape index (κ2) is 46.7. The number of Topliss-reactive ketones (excluding diaryl/α,β-unsaturated/α-hetero) is 2. The van der Waals surface area contributed by atoms with Gasteiger partial charge in [0.2, 0.25) is 23.8 Å². The molecule has 44 nitrogen and oxygen atoms in total. The molecule has 0 aliphatic carbocycles. The Bertz CT molecular complexity index is 7290. The van der Waals surface area contributed by atoms with Gasteiger partial charge in [0.05, 0.1) is 159 Å². The largest absolute Gasteiger partial charge is 0.496 e. The number of β-amino-alcohol motifs (C(OH)–C–C–N with tert-alkyl or cyclic N) is 1. The number of methoxy groups -OCH3 is 4. The number of piperazine rings is 1. The number of aromatic amines is 4. The van der Waals surface area contributed by atoms with Crippen LogP contribution in [-0.4, -0.2) is 281 Å². The van der Waals surface area contributed by atoms with Gasteiger partial charge in [-0.1, -0.05) is 34.8 Å². The molecule has 0 spiro atoms. The predicted octanol–water partition coefficient (Wildman–Crippen LogP) is 9.89. The molecule has 780 valence electrons. The maximum Gasteiger partial charge on any atom is 0.270 e. The molecular weight excluding hydrogens is 1980 g/mol. The summed E-state index contributed by atoms with van der Waals surface area (Å²) in [4.78, 5) is 175. The van der Waals surface area contributed by atoms with E-state index in [9.17, 15) is 43.8 Å². The Balaban J connectivity index is 0.000000149. The van der Waals surface area contributed by atoms with Crippen molar-refractivity contribution in [1.29, 1.82) is 0 Å². The van der Waals surface area contributed by atoms with Gasteiger partial charge < -0.3 is 96.9 Å². The van der Waals surface area contributed by atoms with Gasteiger partial charge in [0.15, 0.2) is 34.8 Å². The number of halogens is 3. The Morgan fingerprint density at radius 1 is 0.463 bits per heavy atom. The van der Waals surface area contributed by atoms with Crippen LogP contribution in [0.4, 0.5) is 52.9 Å². The number of likely N-dealkylation sites (tertiary alicyclic amines) is 1. The molecule has 16 N–H and O–H groups in total. The summed E-state index contributed by atoms with van der Waals surface area (Å²) in [6.07, 6.45) is 18.4. The number of imidazole rings is 1. The minimum atomic E-state index is -0.958. The smallest absolute Gasteiger partial charge is 0.270 e.